The summed E-state index contributed by atoms with van der Waals surface area (Å²) in [4.78, 5) is 1.50. The number of allylic oxidation sites excluding steroid dienone is 1. The zero-order valence-corrected chi connectivity index (χ0v) is 10.6. The van der Waals surface area contributed by atoms with Crippen molar-refractivity contribution in [1.82, 2.24) is 5.32 Å². The van der Waals surface area contributed by atoms with E-state index in [4.69, 9.17) is 0 Å². The number of nitrogens with one attached hydrogen (secondary N) is 1. The summed E-state index contributed by atoms with van der Waals surface area (Å²) in [6, 6.07) is 2.74. The van der Waals surface area contributed by atoms with Gasteiger partial charge in [0.25, 0.3) is 0 Å². The quantitative estimate of drug-likeness (QED) is 0.543. The Bertz CT molecular complexity index is 290. The van der Waals surface area contributed by atoms with Crippen molar-refractivity contribution in [2.75, 3.05) is 6.54 Å². The number of thiophene rings is 1. The predicted molar refractivity (Wildman–Crippen MR) is 69.5 cm³/mol. The van der Waals surface area contributed by atoms with E-state index in [0.29, 0.717) is 6.04 Å². The molecule has 1 aromatic heterocycles. The zero-order chi connectivity index (χ0) is 11.1. The van der Waals surface area contributed by atoms with Crippen LogP contribution in [0.4, 0.5) is 0 Å². The molecule has 1 atom stereocenters. The van der Waals surface area contributed by atoms with Crippen molar-refractivity contribution in [3.63, 3.8) is 0 Å². The first-order valence-corrected chi connectivity index (χ1v) is 6.55. The van der Waals surface area contributed by atoms with Gasteiger partial charge in [0.2, 0.25) is 0 Å². The summed E-state index contributed by atoms with van der Waals surface area (Å²) in [6.07, 6.45) is 5.55. The van der Waals surface area contributed by atoms with Gasteiger partial charge in [0, 0.05) is 10.9 Å². The molecule has 84 valence electrons. The van der Waals surface area contributed by atoms with Crippen LogP contribution in [0.25, 0.3) is 0 Å². The van der Waals surface area contributed by atoms with E-state index in [1.54, 1.807) is 0 Å². The monoisotopic (exact) mass is 223 g/mol. The zero-order valence-electron chi connectivity index (χ0n) is 9.75. The Balaban J connectivity index is 2.57. The third-order valence-electron chi connectivity index (χ3n) is 2.57. The van der Waals surface area contributed by atoms with Crippen LogP contribution in [-0.4, -0.2) is 6.54 Å². The fourth-order valence-electron chi connectivity index (χ4n) is 1.78. The van der Waals surface area contributed by atoms with E-state index in [0.717, 1.165) is 13.0 Å². The smallest absolute Gasteiger partial charge is 0.0417 e. The topological polar surface area (TPSA) is 12.0 Å². The van der Waals surface area contributed by atoms with Crippen LogP contribution in [0, 0.1) is 6.92 Å². The standard InChI is InChI=1S/C13H21NS/c1-4-6-7-8-12(14-5-2)13-11(3)9-10-15-13/h4,9-10,12,14H,1,5-8H2,2-3H3. The number of aryl methyl sites for hydroxylation is 1. The Hall–Kier alpha value is -0.600. The molecule has 0 amide bonds. The highest BCUT2D eigenvalue weighted by molar-refractivity contribution is 7.10. The molecule has 0 saturated heterocycles. The molecule has 15 heavy (non-hydrogen) atoms. The molecule has 0 radical (unpaired) electrons. The lowest BCUT2D eigenvalue weighted by molar-refractivity contribution is 0.505. The molecule has 0 aromatic carbocycles. The van der Waals surface area contributed by atoms with Crippen molar-refractivity contribution >= 4 is 11.3 Å². The van der Waals surface area contributed by atoms with Crippen LogP contribution in [0.3, 0.4) is 0 Å². The van der Waals surface area contributed by atoms with Crippen molar-refractivity contribution in [1.29, 1.82) is 0 Å². The molecule has 1 aromatic rings. The van der Waals surface area contributed by atoms with Gasteiger partial charge in [-0.25, -0.2) is 0 Å². The lowest BCUT2D eigenvalue weighted by Gasteiger charge is -2.17. The van der Waals surface area contributed by atoms with E-state index in [9.17, 15) is 0 Å². The Labute approximate surface area is 97.2 Å². The molecule has 0 aliphatic rings. The van der Waals surface area contributed by atoms with Crippen LogP contribution in [0.15, 0.2) is 24.1 Å². The molecule has 1 heterocycles. The fraction of sp³-hybridized carbons (Fsp3) is 0.538. The molecule has 0 aliphatic carbocycles. The first kappa shape index (κ1) is 12.5. The van der Waals surface area contributed by atoms with Crippen molar-refractivity contribution in [3.8, 4) is 0 Å². The molecule has 1 rings (SSSR count). The largest absolute Gasteiger partial charge is 0.310 e. The minimum atomic E-state index is 0.537. The van der Waals surface area contributed by atoms with E-state index in [1.807, 2.05) is 17.4 Å². The van der Waals surface area contributed by atoms with Gasteiger partial charge in [0.1, 0.15) is 0 Å². The first-order valence-electron chi connectivity index (χ1n) is 5.67. The fourth-order valence-corrected chi connectivity index (χ4v) is 2.82. The summed E-state index contributed by atoms with van der Waals surface area (Å²) in [5.74, 6) is 0. The average molecular weight is 223 g/mol. The summed E-state index contributed by atoms with van der Waals surface area (Å²) >= 11 is 1.87. The lowest BCUT2D eigenvalue weighted by Crippen LogP contribution is -2.20. The van der Waals surface area contributed by atoms with Crippen LogP contribution >= 0.6 is 11.3 Å². The molecule has 0 saturated carbocycles. The second-order valence-electron chi connectivity index (χ2n) is 3.80. The minimum Gasteiger partial charge on any atom is -0.310 e. The van der Waals surface area contributed by atoms with E-state index in [-0.39, 0.29) is 0 Å². The highest BCUT2D eigenvalue weighted by Gasteiger charge is 2.12. The summed E-state index contributed by atoms with van der Waals surface area (Å²) < 4.78 is 0. The van der Waals surface area contributed by atoms with Crippen LogP contribution in [0.1, 0.15) is 42.7 Å². The summed E-state index contributed by atoms with van der Waals surface area (Å²) in [5, 5.41) is 5.74. The molecule has 0 spiro atoms. The van der Waals surface area contributed by atoms with Gasteiger partial charge in [0.05, 0.1) is 0 Å². The molecule has 1 unspecified atom stereocenters. The van der Waals surface area contributed by atoms with Crippen LogP contribution in [0.5, 0.6) is 0 Å². The highest BCUT2D eigenvalue weighted by Crippen LogP contribution is 2.27. The number of hydrogen-bond donors (Lipinski definition) is 1. The van der Waals surface area contributed by atoms with Gasteiger partial charge in [-0.3, -0.25) is 0 Å². The van der Waals surface area contributed by atoms with Crippen LogP contribution < -0.4 is 5.32 Å². The second-order valence-corrected chi connectivity index (χ2v) is 4.75. The molecule has 2 heteroatoms. The second kappa shape index (κ2) is 6.81. The Morgan fingerprint density at radius 2 is 2.40 bits per heavy atom. The number of hydrogen-bond acceptors (Lipinski definition) is 2. The maximum absolute atomic E-state index is 3.77. The Kier molecular flexibility index (Phi) is 5.66. The maximum Gasteiger partial charge on any atom is 0.0417 e. The van der Waals surface area contributed by atoms with Gasteiger partial charge in [0.15, 0.2) is 0 Å². The SMILES string of the molecule is C=CCCCC(NCC)c1sccc1C. The van der Waals surface area contributed by atoms with Gasteiger partial charge in [-0.05, 0) is 49.7 Å². The summed E-state index contributed by atoms with van der Waals surface area (Å²) in [5.41, 5.74) is 1.42. The molecule has 0 fully saturated rings. The average Bonchev–Trinajstić information content (AvgIpc) is 2.64. The van der Waals surface area contributed by atoms with Gasteiger partial charge in [-0.2, -0.15) is 0 Å². The Morgan fingerprint density at radius 3 is 2.93 bits per heavy atom. The molecule has 1 N–H and O–H groups in total. The molecule has 0 bridgehead atoms. The van der Waals surface area contributed by atoms with E-state index in [2.05, 4.69) is 37.2 Å². The highest BCUT2D eigenvalue weighted by atomic mass is 32.1. The minimum absolute atomic E-state index is 0.537. The van der Waals surface area contributed by atoms with E-state index in [1.165, 1.54) is 23.3 Å². The van der Waals surface area contributed by atoms with Gasteiger partial charge < -0.3 is 5.32 Å². The van der Waals surface area contributed by atoms with Gasteiger partial charge >= 0.3 is 0 Å². The van der Waals surface area contributed by atoms with E-state index < -0.39 is 0 Å². The van der Waals surface area contributed by atoms with Crippen molar-refractivity contribution in [2.45, 2.75) is 39.2 Å². The van der Waals surface area contributed by atoms with Gasteiger partial charge in [-0.1, -0.05) is 13.0 Å². The maximum atomic E-state index is 3.77. The summed E-state index contributed by atoms with van der Waals surface area (Å²) in [7, 11) is 0. The molecular formula is C13H21NS. The van der Waals surface area contributed by atoms with E-state index >= 15 is 0 Å². The number of unbranched alkanes of at least 4 members (excludes halogenated alkanes) is 1. The van der Waals surface area contributed by atoms with Crippen molar-refractivity contribution in [3.05, 3.63) is 34.5 Å². The summed E-state index contributed by atoms with van der Waals surface area (Å²) in [6.45, 7) is 9.17. The van der Waals surface area contributed by atoms with Crippen LogP contribution in [-0.2, 0) is 0 Å². The molecule has 0 aliphatic heterocycles. The molecular weight excluding hydrogens is 202 g/mol. The normalized spacial score (nSPS) is 12.7. The Morgan fingerprint density at radius 1 is 1.60 bits per heavy atom. The molecule has 1 nitrogen and oxygen atoms in total. The third-order valence-corrected chi connectivity index (χ3v) is 3.70. The van der Waals surface area contributed by atoms with Gasteiger partial charge in [-0.15, -0.1) is 17.9 Å². The first-order chi connectivity index (χ1) is 7.29. The van der Waals surface area contributed by atoms with Crippen LogP contribution in [0.2, 0.25) is 0 Å². The van der Waals surface area contributed by atoms with Crippen molar-refractivity contribution < 1.29 is 0 Å². The lowest BCUT2D eigenvalue weighted by atomic mass is 10.1. The third kappa shape index (κ3) is 3.80. The predicted octanol–water partition coefficient (Wildman–Crippen LogP) is 4.06. The number of rotatable bonds is 7. The van der Waals surface area contributed by atoms with Crippen molar-refractivity contribution in [2.24, 2.45) is 0 Å².